The SMILES string of the molecule is CCCn1c(C#CCNc2ccc(S(C)(=O)=O)cc2OC)cc2c(N[C@]3(I)CC[C@](C)(N4CCOCC4)CC3)cccc21. The van der Waals surface area contributed by atoms with Crippen molar-refractivity contribution in [2.24, 2.45) is 0 Å². The Morgan fingerprint density at radius 2 is 1.81 bits per heavy atom. The number of nitrogens with zero attached hydrogens (tertiary/aromatic N) is 2. The molecule has 1 aliphatic carbocycles. The van der Waals surface area contributed by atoms with Gasteiger partial charge in [-0.25, -0.2) is 8.42 Å². The summed E-state index contributed by atoms with van der Waals surface area (Å²) in [7, 11) is -1.78. The van der Waals surface area contributed by atoms with Crippen LogP contribution in [-0.4, -0.2) is 73.2 Å². The molecule has 1 aliphatic heterocycles. The zero-order chi connectivity index (χ0) is 30.7. The van der Waals surface area contributed by atoms with Gasteiger partial charge in [-0.1, -0.05) is 41.5 Å². The molecule has 2 heterocycles. The van der Waals surface area contributed by atoms with E-state index in [2.05, 4.69) is 92.6 Å². The average Bonchev–Trinajstić information content (AvgIpc) is 3.35. The zero-order valence-electron chi connectivity index (χ0n) is 25.6. The fourth-order valence-corrected chi connectivity index (χ4v) is 7.72. The Morgan fingerprint density at radius 1 is 1.07 bits per heavy atom. The molecule has 5 rings (SSSR count). The first-order valence-electron chi connectivity index (χ1n) is 15.1. The van der Waals surface area contributed by atoms with Gasteiger partial charge in [-0.2, -0.15) is 0 Å². The molecular weight excluding hydrogens is 675 g/mol. The van der Waals surface area contributed by atoms with Crippen molar-refractivity contribution in [3.05, 3.63) is 48.2 Å². The molecule has 0 spiro atoms. The van der Waals surface area contributed by atoms with Gasteiger partial charge in [0.15, 0.2) is 9.84 Å². The number of hydrogen-bond acceptors (Lipinski definition) is 7. The van der Waals surface area contributed by atoms with Gasteiger partial charge in [0.1, 0.15) is 5.75 Å². The fourth-order valence-electron chi connectivity index (χ4n) is 6.25. The number of alkyl halides is 1. The molecule has 3 aromatic rings. The quantitative estimate of drug-likeness (QED) is 0.119. The third kappa shape index (κ3) is 7.27. The van der Waals surface area contributed by atoms with Gasteiger partial charge in [-0.05, 0) is 75.3 Å². The van der Waals surface area contributed by atoms with Gasteiger partial charge < -0.3 is 24.7 Å². The van der Waals surface area contributed by atoms with E-state index in [0.29, 0.717) is 18.0 Å². The Kier molecular flexibility index (Phi) is 9.86. The number of hydrogen-bond donors (Lipinski definition) is 2. The zero-order valence-corrected chi connectivity index (χ0v) is 28.6. The normalized spacial score (nSPS) is 23.0. The van der Waals surface area contributed by atoms with E-state index < -0.39 is 9.84 Å². The third-order valence-corrected chi connectivity index (χ3v) is 11.3. The highest BCUT2D eigenvalue weighted by molar-refractivity contribution is 14.1. The number of methoxy groups -OCH3 is 1. The van der Waals surface area contributed by atoms with Crippen LogP contribution in [0.5, 0.6) is 5.75 Å². The predicted octanol–water partition coefficient (Wildman–Crippen LogP) is 6.14. The molecule has 8 nitrogen and oxygen atoms in total. The number of aromatic nitrogens is 1. The summed E-state index contributed by atoms with van der Waals surface area (Å²) in [6.45, 7) is 9.65. The molecule has 0 radical (unpaired) electrons. The Hall–Kier alpha value is -2.46. The number of sulfone groups is 1. The first kappa shape index (κ1) is 31.9. The number of morpholine rings is 1. The van der Waals surface area contributed by atoms with E-state index in [-0.39, 0.29) is 14.0 Å². The molecule has 0 bridgehead atoms. The van der Waals surface area contributed by atoms with Crippen LogP contribution in [0.25, 0.3) is 10.9 Å². The van der Waals surface area contributed by atoms with E-state index in [9.17, 15) is 8.42 Å². The van der Waals surface area contributed by atoms with E-state index in [0.717, 1.165) is 63.5 Å². The highest BCUT2D eigenvalue weighted by Gasteiger charge is 2.42. The van der Waals surface area contributed by atoms with Crippen molar-refractivity contribution in [3.8, 4) is 17.6 Å². The maximum atomic E-state index is 11.9. The minimum absolute atomic E-state index is 0.00612. The van der Waals surface area contributed by atoms with Gasteiger partial charge in [0.25, 0.3) is 0 Å². The van der Waals surface area contributed by atoms with Crippen LogP contribution in [0.1, 0.15) is 51.6 Å². The number of aryl methyl sites for hydroxylation is 1. The summed E-state index contributed by atoms with van der Waals surface area (Å²) < 4.78 is 37.2. The van der Waals surface area contributed by atoms with Crippen molar-refractivity contribution in [3.63, 3.8) is 0 Å². The molecule has 0 unspecified atom stereocenters. The summed E-state index contributed by atoms with van der Waals surface area (Å²) in [4.78, 5) is 2.86. The molecule has 1 saturated heterocycles. The predicted molar refractivity (Wildman–Crippen MR) is 183 cm³/mol. The molecule has 2 N–H and O–H groups in total. The third-order valence-electron chi connectivity index (χ3n) is 8.83. The molecular formula is C33H43IN4O4S. The summed E-state index contributed by atoms with van der Waals surface area (Å²) in [6, 6.07) is 13.6. The van der Waals surface area contributed by atoms with Gasteiger partial charge in [-0.3, -0.25) is 4.90 Å². The minimum Gasteiger partial charge on any atom is -0.495 e. The van der Waals surface area contributed by atoms with Crippen LogP contribution in [0.2, 0.25) is 0 Å². The standard InChI is InChI=1S/C33H43IN4O4S/c1-5-18-38-25(8-7-17-35-29-12-11-26(43(4,39)40)24-31(29)41-3)23-27-28(9-6-10-30(27)38)36-33(34)15-13-32(2,14-16-33)37-19-21-42-22-20-37/h6,9-12,23-24,35-36H,5,13-22H2,1-4H3/t32-,33+. The minimum atomic E-state index is -3.31. The number of anilines is 2. The van der Waals surface area contributed by atoms with Gasteiger partial charge in [0.05, 0.1) is 52.2 Å². The van der Waals surface area contributed by atoms with Crippen LogP contribution in [-0.2, 0) is 21.1 Å². The van der Waals surface area contributed by atoms with Crippen molar-refractivity contribution < 1.29 is 17.9 Å². The lowest BCUT2D eigenvalue weighted by molar-refractivity contribution is -0.0311. The molecule has 10 heteroatoms. The molecule has 43 heavy (non-hydrogen) atoms. The maximum absolute atomic E-state index is 11.9. The monoisotopic (exact) mass is 718 g/mol. The van der Waals surface area contributed by atoms with Gasteiger partial charge in [0.2, 0.25) is 0 Å². The fraction of sp³-hybridized carbons (Fsp3) is 0.515. The molecule has 0 atom stereocenters. The second-order valence-electron chi connectivity index (χ2n) is 11.9. The van der Waals surface area contributed by atoms with E-state index in [4.69, 9.17) is 9.47 Å². The molecule has 2 fully saturated rings. The Labute approximate surface area is 269 Å². The van der Waals surface area contributed by atoms with Crippen molar-refractivity contribution >= 4 is 54.7 Å². The second kappa shape index (κ2) is 13.3. The maximum Gasteiger partial charge on any atom is 0.175 e. The van der Waals surface area contributed by atoms with Gasteiger partial charge in [-0.15, -0.1) is 0 Å². The van der Waals surface area contributed by atoms with Gasteiger partial charge in [0, 0.05) is 48.6 Å². The molecule has 0 amide bonds. The number of fused-ring (bicyclic) bond motifs is 1. The first-order valence-corrected chi connectivity index (χ1v) is 18.1. The van der Waals surface area contributed by atoms with Crippen LogP contribution in [0.3, 0.4) is 0 Å². The summed E-state index contributed by atoms with van der Waals surface area (Å²) in [5, 5.41) is 8.42. The second-order valence-corrected chi connectivity index (χ2v) is 16.0. The van der Waals surface area contributed by atoms with E-state index in [1.807, 2.05) is 0 Å². The number of ether oxygens (including phenoxy) is 2. The van der Waals surface area contributed by atoms with Crippen molar-refractivity contribution in [1.29, 1.82) is 0 Å². The lowest BCUT2D eigenvalue weighted by Crippen LogP contribution is -2.55. The number of nitrogens with one attached hydrogen (secondary N) is 2. The summed E-state index contributed by atoms with van der Waals surface area (Å²) in [5.74, 6) is 7.12. The average molecular weight is 719 g/mol. The van der Waals surface area contributed by atoms with Crippen LogP contribution in [0.15, 0.2) is 47.4 Å². The Balaban J connectivity index is 1.32. The lowest BCUT2D eigenvalue weighted by atomic mass is 9.79. The van der Waals surface area contributed by atoms with Crippen LogP contribution >= 0.6 is 22.6 Å². The molecule has 232 valence electrons. The van der Waals surface area contributed by atoms with E-state index >= 15 is 0 Å². The highest BCUT2D eigenvalue weighted by atomic mass is 127. The summed E-state index contributed by atoms with van der Waals surface area (Å²) in [6.07, 6.45) is 6.76. The van der Waals surface area contributed by atoms with Crippen LogP contribution in [0.4, 0.5) is 11.4 Å². The topological polar surface area (TPSA) is 84.8 Å². The Bertz CT molecular complexity index is 1610. The van der Waals surface area contributed by atoms with Crippen molar-refractivity contribution in [1.82, 2.24) is 9.47 Å². The van der Waals surface area contributed by atoms with Gasteiger partial charge >= 0.3 is 0 Å². The molecule has 2 aromatic carbocycles. The molecule has 1 saturated carbocycles. The number of halogens is 1. The van der Waals surface area contributed by atoms with Crippen LogP contribution in [0, 0.1) is 11.8 Å². The smallest absolute Gasteiger partial charge is 0.175 e. The Morgan fingerprint density at radius 3 is 2.49 bits per heavy atom. The first-order chi connectivity index (χ1) is 20.5. The summed E-state index contributed by atoms with van der Waals surface area (Å²) in [5.41, 5.74) is 4.28. The highest BCUT2D eigenvalue weighted by Crippen LogP contribution is 2.45. The largest absolute Gasteiger partial charge is 0.495 e. The van der Waals surface area contributed by atoms with E-state index in [1.54, 1.807) is 12.1 Å². The van der Waals surface area contributed by atoms with E-state index in [1.165, 1.54) is 43.2 Å². The summed E-state index contributed by atoms with van der Waals surface area (Å²) >= 11 is 2.65. The molecule has 2 aliphatic rings. The number of rotatable bonds is 9. The lowest BCUT2D eigenvalue weighted by Gasteiger charge is -2.49. The van der Waals surface area contributed by atoms with Crippen molar-refractivity contribution in [2.75, 3.05) is 56.8 Å². The van der Waals surface area contributed by atoms with Crippen molar-refractivity contribution in [2.45, 2.75) is 66.5 Å². The van der Waals surface area contributed by atoms with Crippen LogP contribution < -0.4 is 15.4 Å². The molecule has 1 aromatic heterocycles. The number of benzene rings is 2.